The Labute approximate surface area is 128 Å². The molecule has 0 aliphatic rings. The van der Waals surface area contributed by atoms with Crippen LogP contribution in [-0.4, -0.2) is 31.9 Å². The van der Waals surface area contributed by atoms with Gasteiger partial charge >= 0.3 is 0 Å². The fraction of sp³-hybridized carbons (Fsp3) is 0.312. The Morgan fingerprint density at radius 1 is 1.27 bits per heavy atom. The molecule has 2 heterocycles. The van der Waals surface area contributed by atoms with Crippen LogP contribution in [0.15, 0.2) is 42.7 Å². The number of nitrogens with zero attached hydrogens (tertiary/aromatic N) is 3. The third-order valence-electron chi connectivity index (χ3n) is 3.72. The minimum absolute atomic E-state index is 0.0358. The number of carbonyl (C=O) groups excluding carboxylic acids is 1. The molecule has 2 aromatic heterocycles. The Bertz CT molecular complexity index is 727. The molecule has 3 rings (SSSR count). The van der Waals surface area contributed by atoms with E-state index in [1.54, 1.807) is 17.2 Å². The summed E-state index contributed by atoms with van der Waals surface area (Å²) in [6.07, 6.45) is 3.27. The lowest BCUT2D eigenvalue weighted by atomic mass is 10.0. The summed E-state index contributed by atoms with van der Waals surface area (Å²) in [6, 6.07) is 9.68. The largest absolute Gasteiger partial charge is 0.351 e. The Kier molecular flexibility index (Phi) is 3.91. The number of fused-ring (bicyclic) bond motifs is 1. The van der Waals surface area contributed by atoms with Gasteiger partial charge < -0.3 is 10.3 Å². The molecule has 2 N–H and O–H groups in total. The maximum Gasteiger partial charge on any atom is 0.268 e. The molecule has 0 aliphatic carbocycles. The standard InChI is InChI=1S/C16H19N5O/c1-11(2)15(10-21-17-7-8-18-21)20-16(22)14-9-12-5-3-4-6-13(12)19-14/h3-9,11,15,19H,10H2,1-2H3,(H,20,22). The number of aromatic nitrogens is 4. The van der Waals surface area contributed by atoms with Crippen molar-refractivity contribution in [1.29, 1.82) is 0 Å². The van der Waals surface area contributed by atoms with Crippen LogP contribution in [0.3, 0.4) is 0 Å². The highest BCUT2D eigenvalue weighted by atomic mass is 16.2. The first-order valence-corrected chi connectivity index (χ1v) is 7.36. The van der Waals surface area contributed by atoms with E-state index in [1.165, 1.54) is 0 Å². The molecule has 1 amide bonds. The molecule has 0 radical (unpaired) electrons. The zero-order valence-electron chi connectivity index (χ0n) is 12.7. The predicted molar refractivity (Wildman–Crippen MR) is 84.4 cm³/mol. The molecule has 1 aromatic carbocycles. The number of H-pyrrole nitrogens is 1. The van der Waals surface area contributed by atoms with Crippen LogP contribution in [-0.2, 0) is 6.54 Å². The number of nitrogens with one attached hydrogen (secondary N) is 2. The van der Waals surface area contributed by atoms with Crippen LogP contribution in [0.25, 0.3) is 10.9 Å². The molecule has 0 fully saturated rings. The third kappa shape index (κ3) is 3.00. The molecule has 0 bridgehead atoms. The molecule has 6 heteroatoms. The van der Waals surface area contributed by atoms with Gasteiger partial charge in [-0.2, -0.15) is 15.0 Å². The Morgan fingerprint density at radius 2 is 2.00 bits per heavy atom. The van der Waals surface area contributed by atoms with E-state index >= 15 is 0 Å². The molecule has 0 aliphatic heterocycles. The average Bonchev–Trinajstić information content (AvgIpc) is 3.15. The Hall–Kier alpha value is -2.63. The van der Waals surface area contributed by atoms with Crippen molar-refractivity contribution in [2.45, 2.75) is 26.4 Å². The number of amides is 1. The number of benzene rings is 1. The van der Waals surface area contributed by atoms with Crippen molar-refractivity contribution in [3.05, 3.63) is 48.4 Å². The summed E-state index contributed by atoms with van der Waals surface area (Å²) in [7, 11) is 0. The summed E-state index contributed by atoms with van der Waals surface area (Å²) in [4.78, 5) is 17.2. The quantitative estimate of drug-likeness (QED) is 0.758. The number of hydrogen-bond donors (Lipinski definition) is 2. The van der Waals surface area contributed by atoms with Crippen molar-refractivity contribution in [3.63, 3.8) is 0 Å². The topological polar surface area (TPSA) is 75.6 Å². The van der Waals surface area contributed by atoms with Gasteiger partial charge in [-0.05, 0) is 18.1 Å². The lowest BCUT2D eigenvalue weighted by molar-refractivity contribution is 0.0913. The first-order chi connectivity index (χ1) is 10.6. The highest BCUT2D eigenvalue weighted by Gasteiger charge is 2.19. The highest BCUT2D eigenvalue weighted by molar-refractivity contribution is 5.98. The van der Waals surface area contributed by atoms with E-state index in [9.17, 15) is 4.79 Å². The van der Waals surface area contributed by atoms with Gasteiger partial charge in [-0.25, -0.2) is 0 Å². The minimum atomic E-state index is -0.109. The molecule has 0 saturated carbocycles. The van der Waals surface area contributed by atoms with Crippen LogP contribution < -0.4 is 5.32 Å². The van der Waals surface area contributed by atoms with Crippen LogP contribution >= 0.6 is 0 Å². The molecule has 22 heavy (non-hydrogen) atoms. The Balaban J connectivity index is 1.75. The first kappa shape index (κ1) is 14.3. The fourth-order valence-corrected chi connectivity index (χ4v) is 2.38. The van der Waals surface area contributed by atoms with E-state index in [1.807, 2.05) is 30.3 Å². The number of carbonyl (C=O) groups is 1. The van der Waals surface area contributed by atoms with Crippen molar-refractivity contribution in [2.24, 2.45) is 5.92 Å². The van der Waals surface area contributed by atoms with Crippen LogP contribution in [0.5, 0.6) is 0 Å². The second-order valence-corrected chi connectivity index (χ2v) is 5.68. The first-order valence-electron chi connectivity index (χ1n) is 7.36. The predicted octanol–water partition coefficient (Wildman–Crippen LogP) is 2.21. The van der Waals surface area contributed by atoms with Gasteiger partial charge in [0.05, 0.1) is 25.0 Å². The van der Waals surface area contributed by atoms with Crippen molar-refractivity contribution >= 4 is 16.8 Å². The summed E-state index contributed by atoms with van der Waals surface area (Å²) in [5.41, 5.74) is 1.53. The lowest BCUT2D eigenvalue weighted by Gasteiger charge is -2.21. The maximum absolute atomic E-state index is 12.5. The van der Waals surface area contributed by atoms with Gasteiger partial charge in [0.15, 0.2) is 0 Å². The molecule has 3 aromatic rings. The van der Waals surface area contributed by atoms with Crippen LogP contribution in [0.4, 0.5) is 0 Å². The van der Waals surface area contributed by atoms with E-state index in [2.05, 4.69) is 34.3 Å². The van der Waals surface area contributed by atoms with E-state index in [4.69, 9.17) is 0 Å². The number of para-hydroxylation sites is 1. The zero-order chi connectivity index (χ0) is 15.5. The molecule has 1 unspecified atom stereocenters. The number of aromatic amines is 1. The maximum atomic E-state index is 12.5. The lowest BCUT2D eigenvalue weighted by Crippen LogP contribution is -2.42. The fourth-order valence-electron chi connectivity index (χ4n) is 2.38. The van der Waals surface area contributed by atoms with Gasteiger partial charge in [-0.3, -0.25) is 4.79 Å². The summed E-state index contributed by atoms with van der Waals surface area (Å²) < 4.78 is 0. The summed E-state index contributed by atoms with van der Waals surface area (Å²) in [5, 5.41) is 12.3. The molecule has 114 valence electrons. The van der Waals surface area contributed by atoms with Crippen molar-refractivity contribution in [2.75, 3.05) is 0 Å². The van der Waals surface area contributed by atoms with Gasteiger partial charge in [-0.1, -0.05) is 32.0 Å². The monoisotopic (exact) mass is 297 g/mol. The number of rotatable bonds is 5. The second-order valence-electron chi connectivity index (χ2n) is 5.68. The van der Waals surface area contributed by atoms with E-state index in [-0.39, 0.29) is 17.9 Å². The van der Waals surface area contributed by atoms with Gasteiger partial charge in [0.25, 0.3) is 5.91 Å². The molecule has 1 atom stereocenters. The smallest absolute Gasteiger partial charge is 0.268 e. The zero-order valence-corrected chi connectivity index (χ0v) is 12.7. The average molecular weight is 297 g/mol. The third-order valence-corrected chi connectivity index (χ3v) is 3.72. The van der Waals surface area contributed by atoms with Crippen LogP contribution in [0.1, 0.15) is 24.3 Å². The van der Waals surface area contributed by atoms with E-state index in [0.29, 0.717) is 12.2 Å². The SMILES string of the molecule is CC(C)C(Cn1nccn1)NC(=O)c1cc2ccccc2[nH]1. The summed E-state index contributed by atoms with van der Waals surface area (Å²) in [6.45, 7) is 4.69. The molecule has 0 spiro atoms. The molecule has 0 saturated heterocycles. The van der Waals surface area contributed by atoms with E-state index < -0.39 is 0 Å². The van der Waals surface area contributed by atoms with Gasteiger partial charge in [-0.15, -0.1) is 0 Å². The number of hydrogen-bond acceptors (Lipinski definition) is 3. The normalized spacial score (nSPS) is 12.7. The minimum Gasteiger partial charge on any atom is -0.351 e. The second kappa shape index (κ2) is 6.01. The van der Waals surface area contributed by atoms with Crippen molar-refractivity contribution < 1.29 is 4.79 Å². The van der Waals surface area contributed by atoms with Crippen molar-refractivity contribution in [3.8, 4) is 0 Å². The molecule has 6 nitrogen and oxygen atoms in total. The van der Waals surface area contributed by atoms with Gasteiger partial charge in [0.2, 0.25) is 0 Å². The summed E-state index contributed by atoms with van der Waals surface area (Å²) >= 11 is 0. The summed E-state index contributed by atoms with van der Waals surface area (Å²) in [5.74, 6) is 0.168. The van der Waals surface area contributed by atoms with Gasteiger partial charge in [0.1, 0.15) is 5.69 Å². The Morgan fingerprint density at radius 3 is 2.68 bits per heavy atom. The van der Waals surface area contributed by atoms with Crippen molar-refractivity contribution in [1.82, 2.24) is 25.3 Å². The van der Waals surface area contributed by atoms with E-state index in [0.717, 1.165) is 10.9 Å². The highest BCUT2D eigenvalue weighted by Crippen LogP contribution is 2.15. The molecular weight excluding hydrogens is 278 g/mol. The van der Waals surface area contributed by atoms with Gasteiger partial charge in [0, 0.05) is 10.9 Å². The molecular formula is C16H19N5O. The van der Waals surface area contributed by atoms with Crippen LogP contribution in [0.2, 0.25) is 0 Å². The van der Waals surface area contributed by atoms with Crippen LogP contribution in [0, 0.1) is 5.92 Å².